The van der Waals surface area contributed by atoms with Gasteiger partial charge in [-0.25, -0.2) is 9.78 Å². The summed E-state index contributed by atoms with van der Waals surface area (Å²) in [4.78, 5) is 24.5. The molecule has 140 valence electrons. The molecule has 0 aromatic carbocycles. The Morgan fingerprint density at radius 3 is 2.73 bits per heavy atom. The predicted molar refractivity (Wildman–Crippen MR) is 101 cm³/mol. The van der Waals surface area contributed by atoms with Crippen LogP contribution in [0.25, 0.3) is 11.0 Å². The molecule has 3 rings (SSSR count). The van der Waals surface area contributed by atoms with Gasteiger partial charge in [-0.1, -0.05) is 11.6 Å². The summed E-state index contributed by atoms with van der Waals surface area (Å²) >= 11 is 6.55. The molecule has 0 radical (unpaired) electrons. The van der Waals surface area contributed by atoms with Crippen LogP contribution in [-0.2, 0) is 4.74 Å². The minimum Gasteiger partial charge on any atom is -0.493 e. The number of rotatable bonds is 1. The predicted octanol–water partition coefficient (Wildman–Crippen LogP) is 3.43. The molecule has 7 nitrogen and oxygen atoms in total. The Balaban J connectivity index is 1.79. The lowest BCUT2D eigenvalue weighted by Crippen LogP contribution is -2.55. The van der Waals surface area contributed by atoms with Gasteiger partial charge >= 0.3 is 6.09 Å². The zero-order chi connectivity index (χ0) is 19.1. The van der Waals surface area contributed by atoms with Crippen LogP contribution in [0.2, 0.25) is 5.02 Å². The molecule has 1 N–H and O–H groups in total. The van der Waals surface area contributed by atoms with Gasteiger partial charge in [-0.05, 0) is 33.8 Å². The van der Waals surface area contributed by atoms with Crippen LogP contribution >= 0.6 is 11.6 Å². The Bertz CT molecular complexity index is 837. The normalized spacial score (nSPS) is 18.3. The van der Waals surface area contributed by atoms with Crippen LogP contribution in [-0.4, -0.2) is 57.3 Å². The van der Waals surface area contributed by atoms with Crippen molar-refractivity contribution in [3.63, 3.8) is 0 Å². The van der Waals surface area contributed by atoms with Crippen molar-refractivity contribution in [3.8, 4) is 5.88 Å². The summed E-state index contributed by atoms with van der Waals surface area (Å²) < 4.78 is 5.48. The van der Waals surface area contributed by atoms with Crippen LogP contribution in [0.15, 0.2) is 18.3 Å². The van der Waals surface area contributed by atoms with Crippen molar-refractivity contribution >= 4 is 34.4 Å². The molecule has 1 saturated heterocycles. The van der Waals surface area contributed by atoms with Crippen molar-refractivity contribution in [1.82, 2.24) is 14.9 Å². The van der Waals surface area contributed by atoms with E-state index in [1.807, 2.05) is 27.7 Å². The minimum absolute atomic E-state index is 0.0247. The molecule has 8 heteroatoms. The average molecular weight is 379 g/mol. The highest BCUT2D eigenvalue weighted by Gasteiger charge is 2.31. The van der Waals surface area contributed by atoms with Gasteiger partial charge in [0.2, 0.25) is 5.88 Å². The first-order valence-electron chi connectivity index (χ1n) is 8.54. The molecule has 2 aromatic rings. The summed E-state index contributed by atoms with van der Waals surface area (Å²) in [5.74, 6) is -0.0894. The number of pyridine rings is 2. The standard InChI is InChI=1S/C18H23ClN4O3/c1-11-10-22(7-8-23(11)17(25)26-18(2,3)4)13-9-20-16-12(15(13)19)5-6-14(24)21-16/h5-6,9,11H,7-8,10H2,1-4H3,(H,20,21,24)/t11-/m0/s1. The third kappa shape index (κ3) is 3.77. The molecule has 0 saturated carbocycles. The second kappa shape index (κ2) is 6.79. The smallest absolute Gasteiger partial charge is 0.410 e. The van der Waals surface area contributed by atoms with E-state index in [0.717, 1.165) is 5.69 Å². The zero-order valence-electron chi connectivity index (χ0n) is 15.4. The van der Waals surface area contributed by atoms with Gasteiger partial charge in [0.15, 0.2) is 5.65 Å². The number of fused-ring (bicyclic) bond motifs is 1. The van der Waals surface area contributed by atoms with Gasteiger partial charge in [0, 0.05) is 37.1 Å². The summed E-state index contributed by atoms with van der Waals surface area (Å²) in [6, 6.07) is 3.17. The average Bonchev–Trinajstić information content (AvgIpc) is 2.53. The van der Waals surface area contributed by atoms with E-state index in [9.17, 15) is 9.90 Å². The highest BCUT2D eigenvalue weighted by Crippen LogP contribution is 2.33. The number of carbonyl (C=O) groups excluding carboxylic acids is 1. The highest BCUT2D eigenvalue weighted by atomic mass is 35.5. The van der Waals surface area contributed by atoms with Crippen molar-refractivity contribution in [3.05, 3.63) is 23.4 Å². The second-order valence-corrected chi connectivity index (χ2v) is 7.84. The topological polar surface area (TPSA) is 78.8 Å². The van der Waals surface area contributed by atoms with Gasteiger partial charge in [0.25, 0.3) is 0 Å². The minimum atomic E-state index is -0.516. The van der Waals surface area contributed by atoms with E-state index in [0.29, 0.717) is 35.7 Å². The Morgan fingerprint density at radius 1 is 1.35 bits per heavy atom. The summed E-state index contributed by atoms with van der Waals surface area (Å²) in [7, 11) is 0. The van der Waals surface area contributed by atoms with Gasteiger partial charge in [0.1, 0.15) is 5.60 Å². The van der Waals surface area contributed by atoms with Gasteiger partial charge in [0.05, 0.1) is 16.9 Å². The fourth-order valence-corrected chi connectivity index (χ4v) is 3.33. The quantitative estimate of drug-likeness (QED) is 0.818. The fourth-order valence-electron chi connectivity index (χ4n) is 3.01. The zero-order valence-corrected chi connectivity index (χ0v) is 16.1. The molecule has 0 spiro atoms. The largest absolute Gasteiger partial charge is 0.493 e. The van der Waals surface area contributed by atoms with E-state index >= 15 is 0 Å². The third-order valence-corrected chi connectivity index (χ3v) is 4.62. The molecule has 0 bridgehead atoms. The van der Waals surface area contributed by atoms with Crippen LogP contribution in [0.4, 0.5) is 10.5 Å². The van der Waals surface area contributed by atoms with E-state index in [1.54, 1.807) is 17.2 Å². The number of nitrogens with zero attached hydrogens (tertiary/aromatic N) is 4. The van der Waals surface area contributed by atoms with Crippen LogP contribution < -0.4 is 4.90 Å². The fraction of sp³-hybridized carbons (Fsp3) is 0.500. The molecule has 1 amide bonds. The first-order chi connectivity index (χ1) is 12.2. The first kappa shape index (κ1) is 18.5. The highest BCUT2D eigenvalue weighted by molar-refractivity contribution is 6.37. The number of ether oxygens (including phenoxy) is 1. The van der Waals surface area contributed by atoms with E-state index in [4.69, 9.17) is 16.3 Å². The lowest BCUT2D eigenvalue weighted by atomic mass is 10.1. The number of hydrogen-bond donors (Lipinski definition) is 1. The van der Waals surface area contributed by atoms with Crippen LogP contribution in [0, 0.1) is 0 Å². The summed E-state index contributed by atoms with van der Waals surface area (Å²) in [5, 5.41) is 10.7. The lowest BCUT2D eigenvalue weighted by Gasteiger charge is -2.41. The Morgan fingerprint density at radius 2 is 2.08 bits per heavy atom. The Hall–Kier alpha value is -2.28. The van der Waals surface area contributed by atoms with E-state index < -0.39 is 5.60 Å². The van der Waals surface area contributed by atoms with Crippen molar-refractivity contribution in [1.29, 1.82) is 0 Å². The maximum atomic E-state index is 12.4. The first-order valence-corrected chi connectivity index (χ1v) is 8.92. The van der Waals surface area contributed by atoms with Crippen molar-refractivity contribution in [2.45, 2.75) is 39.3 Å². The number of hydrogen-bond acceptors (Lipinski definition) is 6. The molecular weight excluding hydrogens is 356 g/mol. The molecule has 1 atom stereocenters. The van der Waals surface area contributed by atoms with Gasteiger partial charge < -0.3 is 19.6 Å². The van der Waals surface area contributed by atoms with Gasteiger partial charge in [-0.3, -0.25) is 0 Å². The van der Waals surface area contributed by atoms with Crippen LogP contribution in [0.1, 0.15) is 27.7 Å². The molecule has 26 heavy (non-hydrogen) atoms. The molecular formula is C18H23ClN4O3. The molecule has 1 aliphatic rings. The van der Waals surface area contributed by atoms with Crippen LogP contribution in [0.5, 0.6) is 5.88 Å². The Labute approximate surface area is 157 Å². The van der Waals surface area contributed by atoms with Crippen molar-refractivity contribution in [2.24, 2.45) is 0 Å². The monoisotopic (exact) mass is 378 g/mol. The molecule has 0 aliphatic carbocycles. The van der Waals surface area contributed by atoms with E-state index in [-0.39, 0.29) is 18.0 Å². The van der Waals surface area contributed by atoms with Crippen LogP contribution in [0.3, 0.4) is 0 Å². The maximum Gasteiger partial charge on any atom is 0.410 e. The Kier molecular flexibility index (Phi) is 4.84. The van der Waals surface area contributed by atoms with Crippen molar-refractivity contribution in [2.75, 3.05) is 24.5 Å². The van der Waals surface area contributed by atoms with E-state index in [1.165, 1.54) is 6.07 Å². The van der Waals surface area contributed by atoms with E-state index in [2.05, 4.69) is 14.9 Å². The summed E-state index contributed by atoms with van der Waals surface area (Å²) in [6.07, 6.45) is 1.36. The number of piperazine rings is 1. The van der Waals surface area contributed by atoms with Gasteiger partial charge in [-0.15, -0.1) is 0 Å². The second-order valence-electron chi connectivity index (χ2n) is 7.47. The SMILES string of the molecule is C[C@H]1CN(c2cnc3nc(O)ccc3c2Cl)CCN1C(=O)OC(C)(C)C. The maximum absolute atomic E-state index is 12.4. The number of carbonyl (C=O) groups is 1. The molecule has 1 fully saturated rings. The number of aromatic hydroxyl groups is 1. The summed E-state index contributed by atoms with van der Waals surface area (Å²) in [5.41, 5.74) is 0.680. The number of halogens is 1. The molecule has 1 aliphatic heterocycles. The summed E-state index contributed by atoms with van der Waals surface area (Å²) in [6.45, 7) is 9.35. The van der Waals surface area contributed by atoms with Crippen molar-refractivity contribution < 1.29 is 14.6 Å². The molecule has 0 unspecified atom stereocenters. The number of anilines is 1. The third-order valence-electron chi connectivity index (χ3n) is 4.23. The molecule has 2 aromatic heterocycles. The molecule has 3 heterocycles. The van der Waals surface area contributed by atoms with Gasteiger partial charge in [-0.2, -0.15) is 4.98 Å². The number of aromatic nitrogens is 2. The number of amides is 1. The lowest BCUT2D eigenvalue weighted by molar-refractivity contribution is 0.0159.